The first-order valence-corrected chi connectivity index (χ1v) is 6.96. The summed E-state index contributed by atoms with van der Waals surface area (Å²) in [4.78, 5) is 13.2. The van der Waals surface area contributed by atoms with E-state index in [1.54, 1.807) is 0 Å². The van der Waals surface area contributed by atoms with Crippen molar-refractivity contribution in [3.05, 3.63) is 29.3 Å². The predicted octanol–water partition coefficient (Wildman–Crippen LogP) is 4.07. The summed E-state index contributed by atoms with van der Waals surface area (Å²) in [6.07, 6.45) is 3.37. The Hall–Kier alpha value is -1.31. The lowest BCUT2D eigenvalue weighted by molar-refractivity contribution is 0.112. The van der Waals surface area contributed by atoms with Crippen molar-refractivity contribution in [2.75, 3.05) is 18.0 Å². The van der Waals surface area contributed by atoms with Crippen LogP contribution in [0.25, 0.3) is 0 Å². The molecule has 0 radical (unpaired) electrons. The van der Waals surface area contributed by atoms with Gasteiger partial charge in [-0.15, -0.1) is 0 Å². The smallest absolute Gasteiger partial charge is 0.150 e. The first-order chi connectivity index (χ1) is 8.65. The van der Waals surface area contributed by atoms with E-state index in [-0.39, 0.29) is 0 Å². The van der Waals surface area contributed by atoms with Gasteiger partial charge >= 0.3 is 0 Å². The Labute approximate surface area is 111 Å². The average Bonchev–Trinajstić information content (AvgIpc) is 2.40. The maximum Gasteiger partial charge on any atom is 0.150 e. The van der Waals surface area contributed by atoms with Crippen molar-refractivity contribution in [2.24, 2.45) is 5.92 Å². The zero-order chi connectivity index (χ0) is 13.5. The molecule has 0 aliphatic rings. The second-order valence-electron chi connectivity index (χ2n) is 4.88. The topological polar surface area (TPSA) is 20.3 Å². The third-order valence-electron chi connectivity index (χ3n) is 3.76. The number of anilines is 1. The summed E-state index contributed by atoms with van der Waals surface area (Å²) >= 11 is 0. The fourth-order valence-corrected chi connectivity index (χ4v) is 2.26. The molecule has 0 heterocycles. The molecule has 2 heteroatoms. The van der Waals surface area contributed by atoms with Crippen molar-refractivity contribution in [3.8, 4) is 0 Å². The van der Waals surface area contributed by atoms with Gasteiger partial charge in [0.15, 0.2) is 0 Å². The van der Waals surface area contributed by atoms with Crippen LogP contribution in [0.4, 0.5) is 5.69 Å². The summed E-state index contributed by atoms with van der Waals surface area (Å²) in [5.74, 6) is 0.746. The molecule has 0 spiro atoms. The number of hydrogen-bond donors (Lipinski definition) is 0. The minimum atomic E-state index is 0.746. The van der Waals surface area contributed by atoms with Crippen LogP contribution in [0.2, 0.25) is 0 Å². The van der Waals surface area contributed by atoms with Crippen molar-refractivity contribution < 1.29 is 4.79 Å². The highest BCUT2D eigenvalue weighted by atomic mass is 16.1. The van der Waals surface area contributed by atoms with Crippen LogP contribution >= 0.6 is 0 Å². The number of nitrogens with zero attached hydrogens (tertiary/aromatic N) is 1. The molecule has 0 bridgehead atoms. The normalized spacial score (nSPS) is 10.7. The van der Waals surface area contributed by atoms with Crippen molar-refractivity contribution in [2.45, 2.75) is 40.5 Å². The number of carbonyl (C=O) groups is 1. The van der Waals surface area contributed by atoms with Gasteiger partial charge < -0.3 is 4.90 Å². The minimum Gasteiger partial charge on any atom is -0.372 e. The van der Waals surface area contributed by atoms with Crippen molar-refractivity contribution in [1.29, 1.82) is 0 Å². The molecule has 100 valence electrons. The zero-order valence-electron chi connectivity index (χ0n) is 12.1. The zero-order valence-corrected chi connectivity index (χ0v) is 12.1. The molecule has 0 atom stereocenters. The highest BCUT2D eigenvalue weighted by Gasteiger charge is 2.11. The molecule has 0 fully saturated rings. The van der Waals surface area contributed by atoms with Gasteiger partial charge in [0, 0.05) is 24.3 Å². The van der Waals surface area contributed by atoms with Gasteiger partial charge in [0.1, 0.15) is 6.29 Å². The van der Waals surface area contributed by atoms with Crippen molar-refractivity contribution >= 4 is 12.0 Å². The molecular weight excluding hydrogens is 222 g/mol. The van der Waals surface area contributed by atoms with Crippen LogP contribution in [0.5, 0.6) is 0 Å². The highest BCUT2D eigenvalue weighted by molar-refractivity contribution is 5.78. The molecule has 0 saturated heterocycles. The van der Waals surface area contributed by atoms with Gasteiger partial charge in [-0.05, 0) is 43.5 Å². The Morgan fingerprint density at radius 1 is 1.22 bits per heavy atom. The number of carbonyl (C=O) groups excluding carboxylic acids is 1. The van der Waals surface area contributed by atoms with Gasteiger partial charge in [-0.3, -0.25) is 4.79 Å². The summed E-state index contributed by atoms with van der Waals surface area (Å²) in [5, 5.41) is 0. The number of aryl methyl sites for hydroxylation is 1. The van der Waals surface area contributed by atoms with E-state index in [4.69, 9.17) is 0 Å². The van der Waals surface area contributed by atoms with E-state index >= 15 is 0 Å². The van der Waals surface area contributed by atoms with Crippen LogP contribution in [-0.4, -0.2) is 19.4 Å². The average molecular weight is 247 g/mol. The Kier molecular flexibility index (Phi) is 5.90. The van der Waals surface area contributed by atoms with Gasteiger partial charge in [0.05, 0.1) is 0 Å². The molecule has 0 saturated carbocycles. The van der Waals surface area contributed by atoms with Crippen molar-refractivity contribution in [3.63, 3.8) is 0 Å². The summed E-state index contributed by atoms with van der Waals surface area (Å²) in [6, 6.07) is 6.10. The Morgan fingerprint density at radius 2 is 1.89 bits per heavy atom. The molecule has 0 amide bonds. The second-order valence-corrected chi connectivity index (χ2v) is 4.88. The van der Waals surface area contributed by atoms with E-state index in [2.05, 4.69) is 37.8 Å². The SMILES string of the molecule is CCC(CC)CN(CC)c1ccc(C=O)c(C)c1. The largest absolute Gasteiger partial charge is 0.372 e. The molecule has 1 rings (SSSR count). The molecule has 18 heavy (non-hydrogen) atoms. The van der Waals surface area contributed by atoms with E-state index in [1.165, 1.54) is 18.5 Å². The molecule has 0 aliphatic heterocycles. The van der Waals surface area contributed by atoms with Gasteiger partial charge in [0.25, 0.3) is 0 Å². The first-order valence-electron chi connectivity index (χ1n) is 6.96. The summed E-state index contributed by atoms with van der Waals surface area (Å²) in [6.45, 7) is 10.8. The summed E-state index contributed by atoms with van der Waals surface area (Å²) < 4.78 is 0. The minimum absolute atomic E-state index is 0.746. The van der Waals surface area contributed by atoms with Crippen molar-refractivity contribution in [1.82, 2.24) is 0 Å². The quantitative estimate of drug-likeness (QED) is 0.677. The standard InChI is InChI=1S/C16H25NO/c1-5-14(6-2)11-17(7-3)16-9-8-15(12-18)13(4)10-16/h8-10,12,14H,5-7,11H2,1-4H3. The Morgan fingerprint density at radius 3 is 2.33 bits per heavy atom. The lowest BCUT2D eigenvalue weighted by Crippen LogP contribution is -2.29. The van der Waals surface area contributed by atoms with Gasteiger partial charge in [-0.25, -0.2) is 0 Å². The van der Waals surface area contributed by atoms with Crippen LogP contribution in [-0.2, 0) is 0 Å². The molecule has 0 unspecified atom stereocenters. The number of rotatable bonds is 7. The van der Waals surface area contributed by atoms with Gasteiger partial charge in [-0.1, -0.05) is 26.7 Å². The van der Waals surface area contributed by atoms with Crippen LogP contribution in [0, 0.1) is 12.8 Å². The molecular formula is C16H25NO. The molecule has 0 aliphatic carbocycles. The molecule has 0 N–H and O–H groups in total. The fourth-order valence-electron chi connectivity index (χ4n) is 2.26. The lowest BCUT2D eigenvalue weighted by atomic mass is 10.0. The number of hydrogen-bond acceptors (Lipinski definition) is 2. The number of aldehydes is 1. The molecule has 1 aromatic carbocycles. The van der Waals surface area contributed by atoms with E-state index in [0.717, 1.165) is 36.4 Å². The van der Waals surface area contributed by atoms with Crippen LogP contribution in [0.3, 0.4) is 0 Å². The fraction of sp³-hybridized carbons (Fsp3) is 0.562. The van der Waals surface area contributed by atoms with Crippen LogP contribution in [0.15, 0.2) is 18.2 Å². The molecule has 2 nitrogen and oxygen atoms in total. The number of benzene rings is 1. The second kappa shape index (κ2) is 7.20. The molecule has 0 aromatic heterocycles. The van der Waals surface area contributed by atoms with E-state index < -0.39 is 0 Å². The van der Waals surface area contributed by atoms with Crippen LogP contribution in [0.1, 0.15) is 49.5 Å². The van der Waals surface area contributed by atoms with E-state index in [0.29, 0.717) is 0 Å². The monoisotopic (exact) mass is 247 g/mol. The van der Waals surface area contributed by atoms with Gasteiger partial charge in [0.2, 0.25) is 0 Å². The van der Waals surface area contributed by atoms with E-state index in [9.17, 15) is 4.79 Å². The summed E-state index contributed by atoms with van der Waals surface area (Å²) in [5.41, 5.74) is 3.08. The maximum atomic E-state index is 10.8. The Bertz CT molecular complexity index is 383. The summed E-state index contributed by atoms with van der Waals surface area (Å²) in [7, 11) is 0. The predicted molar refractivity (Wildman–Crippen MR) is 78.5 cm³/mol. The van der Waals surface area contributed by atoms with E-state index in [1.807, 2.05) is 13.0 Å². The lowest BCUT2D eigenvalue weighted by Gasteiger charge is -2.28. The molecule has 1 aromatic rings. The van der Waals surface area contributed by atoms with Crippen LogP contribution < -0.4 is 4.90 Å². The third-order valence-corrected chi connectivity index (χ3v) is 3.76. The third kappa shape index (κ3) is 3.59. The highest BCUT2D eigenvalue weighted by Crippen LogP contribution is 2.21. The van der Waals surface area contributed by atoms with Gasteiger partial charge in [-0.2, -0.15) is 0 Å². The Balaban J connectivity index is 2.88. The first kappa shape index (κ1) is 14.7. The maximum absolute atomic E-state index is 10.8.